The predicted octanol–water partition coefficient (Wildman–Crippen LogP) is 3.46. The first-order chi connectivity index (χ1) is 14.3. The van der Waals surface area contributed by atoms with E-state index in [1.54, 1.807) is 4.90 Å². The van der Waals surface area contributed by atoms with Crippen molar-refractivity contribution in [2.24, 2.45) is 0 Å². The summed E-state index contributed by atoms with van der Waals surface area (Å²) in [5.41, 5.74) is 3.63. The zero-order valence-corrected chi connectivity index (χ0v) is 18.4. The van der Waals surface area contributed by atoms with Crippen molar-refractivity contribution >= 4 is 23.3 Å². The highest BCUT2D eigenvalue weighted by Gasteiger charge is 2.18. The molecule has 0 aliphatic heterocycles. The van der Waals surface area contributed by atoms with Gasteiger partial charge in [0.05, 0.1) is 0 Å². The quantitative estimate of drug-likeness (QED) is 0.662. The van der Waals surface area contributed by atoms with Gasteiger partial charge in [0.1, 0.15) is 6.61 Å². The van der Waals surface area contributed by atoms with Crippen LogP contribution in [0.1, 0.15) is 25.0 Å². The van der Waals surface area contributed by atoms with Crippen LogP contribution in [-0.2, 0) is 22.6 Å². The van der Waals surface area contributed by atoms with E-state index in [2.05, 4.69) is 10.6 Å². The Hall–Kier alpha value is -3.06. The Morgan fingerprint density at radius 2 is 1.73 bits per heavy atom. The minimum atomic E-state index is -0.222. The molecule has 30 heavy (non-hydrogen) atoms. The third-order valence-corrected chi connectivity index (χ3v) is 4.40. The van der Waals surface area contributed by atoms with Gasteiger partial charge in [-0.1, -0.05) is 30.3 Å². The second kappa shape index (κ2) is 11.2. The van der Waals surface area contributed by atoms with Gasteiger partial charge >= 0.3 is 6.03 Å². The van der Waals surface area contributed by atoms with Gasteiger partial charge in [0.15, 0.2) is 0 Å². The van der Waals surface area contributed by atoms with Crippen molar-refractivity contribution in [2.75, 3.05) is 38.0 Å². The van der Waals surface area contributed by atoms with Gasteiger partial charge < -0.3 is 25.2 Å². The van der Waals surface area contributed by atoms with Gasteiger partial charge in [-0.2, -0.15) is 0 Å². The smallest absolute Gasteiger partial charge is 0.318 e. The van der Waals surface area contributed by atoms with E-state index in [0.29, 0.717) is 18.8 Å². The molecule has 2 aromatic carbocycles. The minimum Gasteiger partial charge on any atom is -0.377 e. The largest absolute Gasteiger partial charge is 0.377 e. The lowest BCUT2D eigenvalue weighted by molar-refractivity contribution is -0.119. The Kier molecular flexibility index (Phi) is 8.68. The molecule has 0 saturated carbocycles. The molecule has 0 bridgehead atoms. The maximum atomic E-state index is 12.9. The van der Waals surface area contributed by atoms with Gasteiger partial charge in [-0.15, -0.1) is 0 Å². The number of amides is 3. The normalized spacial score (nSPS) is 10.6. The molecule has 0 aliphatic carbocycles. The third-order valence-electron chi connectivity index (χ3n) is 4.40. The molecular weight excluding hydrogens is 380 g/mol. The van der Waals surface area contributed by atoms with E-state index in [1.165, 1.54) is 7.11 Å². The zero-order chi connectivity index (χ0) is 22.1. The van der Waals surface area contributed by atoms with Crippen molar-refractivity contribution < 1.29 is 14.3 Å². The van der Waals surface area contributed by atoms with Gasteiger partial charge in [-0.05, 0) is 43.2 Å². The fourth-order valence-electron chi connectivity index (χ4n) is 3.10. The average molecular weight is 413 g/mol. The van der Waals surface area contributed by atoms with Crippen molar-refractivity contribution in [3.05, 3.63) is 59.7 Å². The molecule has 2 aromatic rings. The van der Waals surface area contributed by atoms with E-state index in [1.807, 2.05) is 81.4 Å². The molecule has 7 heteroatoms. The number of hydrogen-bond acceptors (Lipinski definition) is 4. The van der Waals surface area contributed by atoms with E-state index < -0.39 is 0 Å². The van der Waals surface area contributed by atoms with Crippen LogP contribution in [0.25, 0.3) is 0 Å². The van der Waals surface area contributed by atoms with Crippen LogP contribution in [-0.4, -0.2) is 50.7 Å². The van der Waals surface area contributed by atoms with Gasteiger partial charge in [0, 0.05) is 51.7 Å². The standard InChI is InChI=1S/C23H32N4O3/c1-17(2)24-23(29)27(14-18-9-7-6-8-10-18)15-19-13-20(25-22(28)16-30-5)11-12-21(19)26(3)4/h6-13,17H,14-16H2,1-5H3,(H,24,29)(H,25,28). The molecule has 0 heterocycles. The Morgan fingerprint density at radius 1 is 1.03 bits per heavy atom. The van der Waals surface area contributed by atoms with E-state index in [9.17, 15) is 9.59 Å². The molecule has 162 valence electrons. The first-order valence-corrected chi connectivity index (χ1v) is 9.98. The summed E-state index contributed by atoms with van der Waals surface area (Å²) in [5.74, 6) is -0.222. The number of urea groups is 1. The summed E-state index contributed by atoms with van der Waals surface area (Å²) in [5, 5.41) is 5.81. The van der Waals surface area contributed by atoms with Crippen LogP contribution in [0, 0.1) is 0 Å². The fourth-order valence-corrected chi connectivity index (χ4v) is 3.10. The fraction of sp³-hybridized carbons (Fsp3) is 0.391. The lowest BCUT2D eigenvalue weighted by Gasteiger charge is -2.27. The SMILES string of the molecule is COCC(=O)Nc1ccc(N(C)C)c(CN(Cc2ccccc2)C(=O)NC(C)C)c1. The lowest BCUT2D eigenvalue weighted by Crippen LogP contribution is -2.42. The summed E-state index contributed by atoms with van der Waals surface area (Å²) in [6, 6.07) is 15.5. The van der Waals surface area contributed by atoms with Gasteiger partial charge in [-0.25, -0.2) is 4.79 Å². The molecule has 0 aliphatic rings. The van der Waals surface area contributed by atoms with Crippen molar-refractivity contribution in [3.8, 4) is 0 Å². The highest BCUT2D eigenvalue weighted by molar-refractivity contribution is 5.92. The van der Waals surface area contributed by atoms with Crippen molar-refractivity contribution in [3.63, 3.8) is 0 Å². The lowest BCUT2D eigenvalue weighted by atomic mass is 10.1. The van der Waals surface area contributed by atoms with Crippen molar-refractivity contribution in [2.45, 2.75) is 33.0 Å². The average Bonchev–Trinajstić information content (AvgIpc) is 2.68. The molecule has 0 aromatic heterocycles. The topological polar surface area (TPSA) is 73.9 Å². The molecule has 0 fully saturated rings. The van der Waals surface area contributed by atoms with Crippen LogP contribution in [0.3, 0.4) is 0 Å². The number of nitrogens with one attached hydrogen (secondary N) is 2. The predicted molar refractivity (Wildman–Crippen MR) is 121 cm³/mol. The molecule has 7 nitrogen and oxygen atoms in total. The molecule has 0 atom stereocenters. The first-order valence-electron chi connectivity index (χ1n) is 9.98. The maximum absolute atomic E-state index is 12.9. The minimum absolute atomic E-state index is 0.0122. The van der Waals surface area contributed by atoms with Crippen LogP contribution >= 0.6 is 0 Å². The van der Waals surface area contributed by atoms with Crippen LogP contribution < -0.4 is 15.5 Å². The van der Waals surface area contributed by atoms with Gasteiger partial charge in [0.25, 0.3) is 0 Å². The van der Waals surface area contributed by atoms with Crippen LogP contribution in [0.2, 0.25) is 0 Å². The summed E-state index contributed by atoms with van der Waals surface area (Å²) >= 11 is 0. The van der Waals surface area contributed by atoms with E-state index >= 15 is 0 Å². The highest BCUT2D eigenvalue weighted by atomic mass is 16.5. The van der Waals surface area contributed by atoms with Gasteiger partial charge in [0.2, 0.25) is 5.91 Å². The number of nitrogens with zero attached hydrogens (tertiary/aromatic N) is 2. The van der Waals surface area contributed by atoms with E-state index in [-0.39, 0.29) is 24.6 Å². The monoisotopic (exact) mass is 412 g/mol. The highest BCUT2D eigenvalue weighted by Crippen LogP contribution is 2.25. The Morgan fingerprint density at radius 3 is 2.33 bits per heavy atom. The Bertz CT molecular complexity index is 838. The van der Waals surface area contributed by atoms with Crippen LogP contribution in [0.4, 0.5) is 16.2 Å². The molecule has 0 radical (unpaired) electrons. The zero-order valence-electron chi connectivity index (χ0n) is 18.4. The number of anilines is 2. The Labute approximate surface area is 179 Å². The molecule has 0 saturated heterocycles. The number of rotatable bonds is 9. The van der Waals surface area contributed by atoms with Crippen LogP contribution in [0.15, 0.2) is 48.5 Å². The summed E-state index contributed by atoms with van der Waals surface area (Å²) in [6.45, 7) is 4.74. The van der Waals surface area contributed by atoms with E-state index in [0.717, 1.165) is 16.8 Å². The van der Waals surface area contributed by atoms with E-state index in [4.69, 9.17) is 4.74 Å². The molecule has 0 unspecified atom stereocenters. The molecular formula is C23H32N4O3. The van der Waals surface area contributed by atoms with Gasteiger partial charge in [-0.3, -0.25) is 4.79 Å². The molecule has 3 amide bonds. The number of ether oxygens (including phenoxy) is 1. The number of methoxy groups -OCH3 is 1. The first kappa shape index (κ1) is 23.2. The maximum Gasteiger partial charge on any atom is 0.318 e. The number of carbonyl (C=O) groups is 2. The number of hydrogen-bond donors (Lipinski definition) is 2. The Balaban J connectivity index is 2.32. The summed E-state index contributed by atoms with van der Waals surface area (Å²) in [4.78, 5) is 28.6. The molecule has 2 rings (SSSR count). The second-order valence-corrected chi connectivity index (χ2v) is 7.66. The summed E-state index contributed by atoms with van der Waals surface area (Å²) < 4.78 is 4.89. The van der Waals surface area contributed by atoms with Crippen molar-refractivity contribution in [1.82, 2.24) is 10.2 Å². The third kappa shape index (κ3) is 7.08. The second-order valence-electron chi connectivity index (χ2n) is 7.66. The summed E-state index contributed by atoms with van der Waals surface area (Å²) in [6.07, 6.45) is 0. The number of benzene rings is 2. The van der Waals surface area contributed by atoms with Crippen molar-refractivity contribution in [1.29, 1.82) is 0 Å². The van der Waals surface area contributed by atoms with Crippen LogP contribution in [0.5, 0.6) is 0 Å². The summed E-state index contributed by atoms with van der Waals surface area (Å²) in [7, 11) is 5.39. The molecule has 0 spiro atoms. The molecule has 2 N–H and O–H groups in total. The number of carbonyl (C=O) groups excluding carboxylic acids is 2.